The Morgan fingerprint density at radius 1 is 1.10 bits per heavy atom. The number of phenols is 2. The summed E-state index contributed by atoms with van der Waals surface area (Å²) >= 11 is 1.49. The van der Waals surface area contributed by atoms with Crippen LogP contribution in [0.15, 0.2) is 47.8 Å². The van der Waals surface area contributed by atoms with Crippen molar-refractivity contribution < 1.29 is 14.9 Å². The summed E-state index contributed by atoms with van der Waals surface area (Å²) in [5.41, 5.74) is 2.23. The van der Waals surface area contributed by atoms with Gasteiger partial charge < -0.3 is 14.9 Å². The highest BCUT2D eigenvalue weighted by Gasteiger charge is 2.11. The van der Waals surface area contributed by atoms with E-state index in [0.717, 1.165) is 16.3 Å². The molecule has 3 rings (SSSR count). The van der Waals surface area contributed by atoms with Gasteiger partial charge >= 0.3 is 0 Å². The van der Waals surface area contributed by atoms with Crippen LogP contribution in [0.1, 0.15) is 0 Å². The van der Waals surface area contributed by atoms with Gasteiger partial charge in [-0.1, -0.05) is 12.1 Å². The van der Waals surface area contributed by atoms with Crippen LogP contribution >= 0.6 is 11.3 Å². The van der Waals surface area contributed by atoms with E-state index in [1.807, 2.05) is 29.6 Å². The van der Waals surface area contributed by atoms with Gasteiger partial charge in [0.05, 0.1) is 12.8 Å². The molecule has 0 saturated carbocycles. The van der Waals surface area contributed by atoms with Crippen LogP contribution in [-0.2, 0) is 0 Å². The number of aromatic nitrogens is 1. The minimum Gasteiger partial charge on any atom is -0.508 e. The van der Waals surface area contributed by atoms with Gasteiger partial charge in [0, 0.05) is 22.6 Å². The number of rotatable bonds is 3. The average Bonchev–Trinajstić information content (AvgIpc) is 2.97. The van der Waals surface area contributed by atoms with E-state index < -0.39 is 0 Å². The first kappa shape index (κ1) is 13.5. The normalized spacial score (nSPS) is 10.5. The van der Waals surface area contributed by atoms with E-state index in [2.05, 4.69) is 4.98 Å². The first-order valence-corrected chi connectivity index (χ1v) is 7.17. The van der Waals surface area contributed by atoms with Crippen LogP contribution < -0.4 is 4.74 Å². The molecule has 0 bridgehead atoms. The smallest absolute Gasteiger partial charge is 0.128 e. The van der Waals surface area contributed by atoms with Gasteiger partial charge in [0.25, 0.3) is 0 Å². The molecule has 0 aliphatic carbocycles. The van der Waals surface area contributed by atoms with Crippen LogP contribution in [0.3, 0.4) is 0 Å². The maximum atomic E-state index is 9.89. The van der Waals surface area contributed by atoms with Crippen LogP contribution in [0.4, 0.5) is 0 Å². The topological polar surface area (TPSA) is 62.6 Å². The van der Waals surface area contributed by atoms with E-state index in [4.69, 9.17) is 4.74 Å². The van der Waals surface area contributed by atoms with Crippen molar-refractivity contribution in [3.8, 4) is 39.1 Å². The van der Waals surface area contributed by atoms with Crippen molar-refractivity contribution in [1.29, 1.82) is 0 Å². The minimum absolute atomic E-state index is 0.0116. The zero-order chi connectivity index (χ0) is 14.8. The lowest BCUT2D eigenvalue weighted by Gasteiger charge is -2.02. The first-order chi connectivity index (χ1) is 10.2. The Hall–Kier alpha value is -2.53. The van der Waals surface area contributed by atoms with E-state index in [1.165, 1.54) is 23.5 Å². The fraction of sp³-hybridized carbons (Fsp3) is 0.0625. The molecule has 3 aromatic rings. The second kappa shape index (κ2) is 5.46. The highest BCUT2D eigenvalue weighted by atomic mass is 32.1. The molecule has 1 aromatic heterocycles. The van der Waals surface area contributed by atoms with Gasteiger partial charge in [0.15, 0.2) is 0 Å². The van der Waals surface area contributed by atoms with Gasteiger partial charge in [-0.3, -0.25) is 0 Å². The molecule has 0 fully saturated rings. The Kier molecular flexibility index (Phi) is 3.50. The van der Waals surface area contributed by atoms with Crippen molar-refractivity contribution in [1.82, 2.24) is 4.98 Å². The number of nitrogens with zero attached hydrogens (tertiary/aromatic N) is 1. The molecule has 0 aliphatic rings. The summed E-state index contributed by atoms with van der Waals surface area (Å²) in [6.07, 6.45) is 0. The molecular formula is C16H13NO3S. The highest BCUT2D eigenvalue weighted by molar-refractivity contribution is 7.13. The van der Waals surface area contributed by atoms with Gasteiger partial charge in [0.2, 0.25) is 0 Å². The number of ether oxygens (including phenoxy) is 1. The fourth-order valence-electron chi connectivity index (χ4n) is 2.02. The number of thiazole rings is 1. The van der Waals surface area contributed by atoms with Crippen LogP contribution in [0.2, 0.25) is 0 Å². The van der Waals surface area contributed by atoms with Crippen LogP contribution in [-0.4, -0.2) is 22.3 Å². The Morgan fingerprint density at radius 3 is 2.71 bits per heavy atom. The summed E-state index contributed by atoms with van der Waals surface area (Å²) in [6.45, 7) is 0. The third kappa shape index (κ3) is 2.68. The molecular weight excluding hydrogens is 286 g/mol. The highest BCUT2D eigenvalue weighted by Crippen LogP contribution is 2.35. The summed E-state index contributed by atoms with van der Waals surface area (Å²) < 4.78 is 5.21. The maximum absolute atomic E-state index is 9.89. The number of benzene rings is 2. The SMILES string of the molecule is COc1cccc(-c2nc(-c3ccc(O)cc3O)cs2)c1. The minimum atomic E-state index is 0.0116. The molecule has 0 unspecified atom stereocenters. The van der Waals surface area contributed by atoms with Crippen LogP contribution in [0, 0.1) is 0 Å². The van der Waals surface area contributed by atoms with E-state index in [1.54, 1.807) is 13.2 Å². The third-order valence-corrected chi connectivity index (χ3v) is 3.97. The predicted molar refractivity (Wildman–Crippen MR) is 82.9 cm³/mol. The molecule has 4 nitrogen and oxygen atoms in total. The van der Waals surface area contributed by atoms with Crippen molar-refractivity contribution in [2.75, 3.05) is 7.11 Å². The summed E-state index contributed by atoms with van der Waals surface area (Å²) in [6, 6.07) is 12.1. The summed E-state index contributed by atoms with van der Waals surface area (Å²) in [7, 11) is 1.63. The maximum Gasteiger partial charge on any atom is 0.128 e. The molecule has 106 valence electrons. The standard InChI is InChI=1S/C16H13NO3S/c1-20-12-4-2-3-10(7-12)16-17-14(9-21-16)13-6-5-11(18)8-15(13)19/h2-9,18-19H,1H3. The second-order valence-corrected chi connectivity index (χ2v) is 5.33. The van der Waals surface area contributed by atoms with Crippen molar-refractivity contribution in [2.45, 2.75) is 0 Å². The summed E-state index contributed by atoms with van der Waals surface area (Å²) in [4.78, 5) is 4.54. The quantitative estimate of drug-likeness (QED) is 0.770. The molecule has 1 heterocycles. The Morgan fingerprint density at radius 2 is 1.95 bits per heavy atom. The molecule has 0 spiro atoms. The van der Waals surface area contributed by atoms with E-state index in [-0.39, 0.29) is 11.5 Å². The molecule has 0 amide bonds. The molecule has 0 radical (unpaired) electrons. The number of hydrogen-bond donors (Lipinski definition) is 2. The van der Waals surface area contributed by atoms with E-state index in [0.29, 0.717) is 11.3 Å². The molecule has 2 aromatic carbocycles. The number of phenolic OH excluding ortho intramolecular Hbond substituents is 2. The molecule has 2 N–H and O–H groups in total. The lowest BCUT2D eigenvalue weighted by Crippen LogP contribution is -1.84. The van der Waals surface area contributed by atoms with Gasteiger partial charge in [-0.15, -0.1) is 11.3 Å². The number of aromatic hydroxyl groups is 2. The monoisotopic (exact) mass is 299 g/mol. The number of hydrogen-bond acceptors (Lipinski definition) is 5. The second-order valence-electron chi connectivity index (χ2n) is 4.47. The van der Waals surface area contributed by atoms with Crippen LogP contribution in [0.25, 0.3) is 21.8 Å². The van der Waals surface area contributed by atoms with Gasteiger partial charge in [-0.05, 0) is 24.3 Å². The summed E-state index contributed by atoms with van der Waals surface area (Å²) in [5.74, 6) is 0.814. The number of methoxy groups -OCH3 is 1. The zero-order valence-corrected chi connectivity index (χ0v) is 12.1. The lowest BCUT2D eigenvalue weighted by molar-refractivity contribution is 0.415. The fourth-order valence-corrected chi connectivity index (χ4v) is 2.84. The van der Waals surface area contributed by atoms with Gasteiger partial charge in [0.1, 0.15) is 22.3 Å². The zero-order valence-electron chi connectivity index (χ0n) is 11.3. The van der Waals surface area contributed by atoms with Gasteiger partial charge in [-0.25, -0.2) is 4.98 Å². The molecule has 21 heavy (non-hydrogen) atoms. The molecule has 0 atom stereocenters. The van der Waals surface area contributed by atoms with Crippen LogP contribution in [0.5, 0.6) is 17.2 Å². The summed E-state index contributed by atoms with van der Waals surface area (Å²) in [5, 5.41) is 21.9. The molecule has 5 heteroatoms. The Balaban J connectivity index is 1.99. The third-order valence-electron chi connectivity index (χ3n) is 3.08. The van der Waals surface area contributed by atoms with E-state index >= 15 is 0 Å². The average molecular weight is 299 g/mol. The molecule has 0 aliphatic heterocycles. The first-order valence-electron chi connectivity index (χ1n) is 6.29. The Labute approximate surface area is 125 Å². The van der Waals surface area contributed by atoms with Gasteiger partial charge in [-0.2, -0.15) is 0 Å². The van der Waals surface area contributed by atoms with Crippen molar-refractivity contribution >= 4 is 11.3 Å². The predicted octanol–water partition coefficient (Wildman–Crippen LogP) is 3.90. The van der Waals surface area contributed by atoms with Crippen molar-refractivity contribution in [3.63, 3.8) is 0 Å². The van der Waals surface area contributed by atoms with E-state index in [9.17, 15) is 10.2 Å². The largest absolute Gasteiger partial charge is 0.508 e. The lowest BCUT2D eigenvalue weighted by atomic mass is 10.1. The molecule has 0 saturated heterocycles. The van der Waals surface area contributed by atoms with Crippen molar-refractivity contribution in [3.05, 3.63) is 47.8 Å². The van der Waals surface area contributed by atoms with Crippen molar-refractivity contribution in [2.24, 2.45) is 0 Å². The Bertz CT molecular complexity index is 783.